The van der Waals surface area contributed by atoms with E-state index in [0.717, 1.165) is 0 Å². The summed E-state index contributed by atoms with van der Waals surface area (Å²) in [7, 11) is 0. The standard InChI is InChI=1S/C13H20N2O3/c1-9-5-6-10(7-14)12(17)15(9)8-11(16)18-13(2,3)4/h5-6H,7-8,14H2,1-4H3. The van der Waals surface area contributed by atoms with E-state index in [1.807, 2.05) is 0 Å². The van der Waals surface area contributed by atoms with Crippen molar-refractivity contribution < 1.29 is 9.53 Å². The van der Waals surface area contributed by atoms with Gasteiger partial charge in [0.05, 0.1) is 0 Å². The Morgan fingerprint density at radius 3 is 2.50 bits per heavy atom. The minimum atomic E-state index is -0.555. The molecule has 1 rings (SSSR count). The van der Waals surface area contributed by atoms with Crippen molar-refractivity contribution in [1.29, 1.82) is 0 Å². The number of esters is 1. The molecular weight excluding hydrogens is 232 g/mol. The van der Waals surface area contributed by atoms with Gasteiger partial charge in [-0.05, 0) is 33.8 Å². The summed E-state index contributed by atoms with van der Waals surface area (Å²) in [4.78, 5) is 23.7. The second-order valence-corrected chi connectivity index (χ2v) is 5.18. The molecule has 0 aromatic carbocycles. The molecule has 1 heterocycles. The molecule has 18 heavy (non-hydrogen) atoms. The SMILES string of the molecule is Cc1ccc(CN)c(=O)n1CC(=O)OC(C)(C)C. The Labute approximate surface area is 107 Å². The van der Waals surface area contributed by atoms with Crippen molar-refractivity contribution in [3.05, 3.63) is 33.7 Å². The summed E-state index contributed by atoms with van der Waals surface area (Å²) >= 11 is 0. The van der Waals surface area contributed by atoms with E-state index in [0.29, 0.717) is 11.3 Å². The first-order valence-corrected chi connectivity index (χ1v) is 5.86. The van der Waals surface area contributed by atoms with Crippen LogP contribution in [0, 0.1) is 6.92 Å². The molecular formula is C13H20N2O3. The van der Waals surface area contributed by atoms with E-state index in [-0.39, 0.29) is 18.6 Å². The molecule has 0 aliphatic rings. The zero-order valence-corrected chi connectivity index (χ0v) is 11.3. The van der Waals surface area contributed by atoms with Gasteiger partial charge in [0.1, 0.15) is 12.1 Å². The van der Waals surface area contributed by atoms with Gasteiger partial charge >= 0.3 is 5.97 Å². The summed E-state index contributed by atoms with van der Waals surface area (Å²) in [6, 6.07) is 3.46. The molecule has 0 spiro atoms. The van der Waals surface area contributed by atoms with Gasteiger partial charge in [0, 0.05) is 17.8 Å². The van der Waals surface area contributed by atoms with Crippen molar-refractivity contribution in [2.75, 3.05) is 0 Å². The molecule has 100 valence electrons. The third-order valence-electron chi connectivity index (χ3n) is 2.40. The molecule has 0 unspecified atom stereocenters. The van der Waals surface area contributed by atoms with E-state index in [9.17, 15) is 9.59 Å². The zero-order chi connectivity index (χ0) is 13.9. The number of carbonyl (C=O) groups excluding carboxylic acids is 1. The minimum Gasteiger partial charge on any atom is -0.459 e. The van der Waals surface area contributed by atoms with E-state index in [4.69, 9.17) is 10.5 Å². The second-order valence-electron chi connectivity index (χ2n) is 5.18. The normalized spacial score (nSPS) is 11.4. The highest BCUT2D eigenvalue weighted by Crippen LogP contribution is 2.08. The second kappa shape index (κ2) is 5.35. The minimum absolute atomic E-state index is 0.0875. The Morgan fingerprint density at radius 2 is 2.00 bits per heavy atom. The first-order valence-electron chi connectivity index (χ1n) is 5.86. The Bertz CT molecular complexity index is 498. The number of aromatic nitrogens is 1. The smallest absolute Gasteiger partial charge is 0.326 e. The lowest BCUT2D eigenvalue weighted by Gasteiger charge is -2.20. The lowest BCUT2D eigenvalue weighted by atomic mass is 10.2. The van der Waals surface area contributed by atoms with Crippen LogP contribution in [0.15, 0.2) is 16.9 Å². The summed E-state index contributed by atoms with van der Waals surface area (Å²) in [6.45, 7) is 7.21. The molecule has 0 saturated heterocycles. The lowest BCUT2D eigenvalue weighted by molar-refractivity contribution is -0.155. The third-order valence-corrected chi connectivity index (χ3v) is 2.40. The number of nitrogens with zero attached hydrogens (tertiary/aromatic N) is 1. The van der Waals surface area contributed by atoms with Crippen molar-refractivity contribution in [2.24, 2.45) is 5.73 Å². The van der Waals surface area contributed by atoms with Gasteiger partial charge in [-0.1, -0.05) is 6.07 Å². The Kier molecular flexibility index (Phi) is 4.29. The fourth-order valence-electron chi connectivity index (χ4n) is 1.57. The molecule has 0 aliphatic heterocycles. The number of rotatable bonds is 3. The van der Waals surface area contributed by atoms with Gasteiger partial charge in [0.2, 0.25) is 0 Å². The average Bonchev–Trinajstić information content (AvgIpc) is 2.22. The molecule has 1 aromatic heterocycles. The van der Waals surface area contributed by atoms with Crippen LogP contribution < -0.4 is 11.3 Å². The molecule has 5 nitrogen and oxygen atoms in total. The van der Waals surface area contributed by atoms with Crippen LogP contribution in [-0.2, 0) is 22.6 Å². The summed E-state index contributed by atoms with van der Waals surface area (Å²) in [6.07, 6.45) is 0. The number of aryl methyl sites for hydroxylation is 1. The molecule has 0 aliphatic carbocycles. The van der Waals surface area contributed by atoms with Crippen LogP contribution in [0.4, 0.5) is 0 Å². The topological polar surface area (TPSA) is 74.3 Å². The number of ether oxygens (including phenoxy) is 1. The van der Waals surface area contributed by atoms with Crippen LogP contribution in [0.2, 0.25) is 0 Å². The molecule has 1 aromatic rings. The quantitative estimate of drug-likeness (QED) is 0.813. The van der Waals surface area contributed by atoms with E-state index < -0.39 is 11.6 Å². The van der Waals surface area contributed by atoms with Crippen LogP contribution in [0.25, 0.3) is 0 Å². The fraction of sp³-hybridized carbons (Fsp3) is 0.538. The van der Waals surface area contributed by atoms with Crippen molar-refractivity contribution in [3.63, 3.8) is 0 Å². The van der Waals surface area contributed by atoms with Crippen LogP contribution in [-0.4, -0.2) is 16.1 Å². The largest absolute Gasteiger partial charge is 0.459 e. The Morgan fingerprint density at radius 1 is 1.39 bits per heavy atom. The summed E-state index contributed by atoms with van der Waals surface area (Å²) in [5.41, 5.74) is 5.89. The van der Waals surface area contributed by atoms with Crippen LogP contribution in [0.1, 0.15) is 32.0 Å². The summed E-state index contributed by atoms with van der Waals surface area (Å²) < 4.78 is 6.58. The predicted molar refractivity (Wildman–Crippen MR) is 69.2 cm³/mol. The van der Waals surface area contributed by atoms with Crippen molar-refractivity contribution in [1.82, 2.24) is 4.57 Å². The van der Waals surface area contributed by atoms with Crippen molar-refractivity contribution in [3.8, 4) is 0 Å². The highest BCUT2D eigenvalue weighted by Gasteiger charge is 2.17. The zero-order valence-electron chi connectivity index (χ0n) is 11.3. The van der Waals surface area contributed by atoms with Gasteiger partial charge in [-0.2, -0.15) is 0 Å². The van der Waals surface area contributed by atoms with Gasteiger partial charge in [-0.25, -0.2) is 0 Å². The molecule has 5 heteroatoms. The molecule has 0 radical (unpaired) electrons. The van der Waals surface area contributed by atoms with Crippen molar-refractivity contribution >= 4 is 5.97 Å². The molecule has 0 amide bonds. The monoisotopic (exact) mass is 252 g/mol. The highest BCUT2D eigenvalue weighted by atomic mass is 16.6. The number of hydrogen-bond acceptors (Lipinski definition) is 4. The van der Waals surface area contributed by atoms with Gasteiger partial charge < -0.3 is 15.0 Å². The van der Waals surface area contributed by atoms with Crippen LogP contribution in [0.5, 0.6) is 0 Å². The van der Waals surface area contributed by atoms with Crippen LogP contribution >= 0.6 is 0 Å². The third kappa shape index (κ3) is 3.70. The van der Waals surface area contributed by atoms with E-state index in [1.165, 1.54) is 4.57 Å². The molecule has 0 atom stereocenters. The molecule has 0 bridgehead atoms. The number of pyridine rings is 1. The first kappa shape index (κ1) is 14.4. The summed E-state index contributed by atoms with van der Waals surface area (Å²) in [5.74, 6) is -0.429. The van der Waals surface area contributed by atoms with Crippen molar-refractivity contribution in [2.45, 2.75) is 46.4 Å². The number of carbonyl (C=O) groups is 1. The Hall–Kier alpha value is -1.62. The Balaban J connectivity index is 2.98. The van der Waals surface area contributed by atoms with Gasteiger partial charge in [0.15, 0.2) is 0 Å². The average molecular weight is 252 g/mol. The highest BCUT2D eigenvalue weighted by molar-refractivity contribution is 5.69. The molecule has 0 saturated carbocycles. The van der Waals surface area contributed by atoms with Gasteiger partial charge in [-0.15, -0.1) is 0 Å². The van der Waals surface area contributed by atoms with E-state index >= 15 is 0 Å². The first-order chi connectivity index (χ1) is 8.24. The van der Waals surface area contributed by atoms with E-state index in [1.54, 1.807) is 39.8 Å². The maximum atomic E-state index is 12.0. The van der Waals surface area contributed by atoms with Gasteiger partial charge in [0.25, 0.3) is 5.56 Å². The molecule has 0 fully saturated rings. The maximum absolute atomic E-state index is 12.0. The number of nitrogens with two attached hydrogens (primary N) is 1. The number of hydrogen-bond donors (Lipinski definition) is 1. The maximum Gasteiger partial charge on any atom is 0.326 e. The predicted octanol–water partition coefficient (Wildman–Crippen LogP) is 0.957. The summed E-state index contributed by atoms with van der Waals surface area (Å²) in [5, 5.41) is 0. The van der Waals surface area contributed by atoms with E-state index in [2.05, 4.69) is 0 Å². The van der Waals surface area contributed by atoms with Gasteiger partial charge in [-0.3, -0.25) is 9.59 Å². The molecule has 2 N–H and O–H groups in total. The van der Waals surface area contributed by atoms with Crippen LogP contribution in [0.3, 0.4) is 0 Å². The fourth-order valence-corrected chi connectivity index (χ4v) is 1.57. The lowest BCUT2D eigenvalue weighted by Crippen LogP contribution is -2.33.